The van der Waals surface area contributed by atoms with Crippen LogP contribution in [0, 0.1) is 5.82 Å². The first-order chi connectivity index (χ1) is 10.6. The third-order valence-electron chi connectivity index (χ3n) is 3.16. The zero-order chi connectivity index (χ0) is 15.5. The molecule has 108 valence electrons. The summed E-state index contributed by atoms with van der Waals surface area (Å²) in [6.07, 6.45) is 0. The number of carbonyl (C=O) groups is 1. The van der Waals surface area contributed by atoms with Gasteiger partial charge in [0.1, 0.15) is 11.5 Å². The maximum absolute atomic E-state index is 14.0. The number of aromatic nitrogens is 2. The van der Waals surface area contributed by atoms with Crippen molar-refractivity contribution in [3.8, 4) is 22.6 Å². The number of nitrogens with zero attached hydrogens (tertiary/aromatic N) is 2. The molecular weight excluding hydrogens is 281 g/mol. The average molecular weight is 293 g/mol. The molecule has 0 atom stereocenters. The first-order valence-corrected chi connectivity index (χ1v) is 6.64. The van der Waals surface area contributed by atoms with E-state index in [1.807, 2.05) is 30.3 Å². The number of nitrogens with two attached hydrogens (primary N) is 1. The van der Waals surface area contributed by atoms with Crippen molar-refractivity contribution in [3.63, 3.8) is 0 Å². The van der Waals surface area contributed by atoms with Crippen LogP contribution in [0.4, 0.5) is 4.39 Å². The molecule has 1 amide bonds. The van der Waals surface area contributed by atoms with E-state index < -0.39 is 11.7 Å². The maximum atomic E-state index is 14.0. The zero-order valence-electron chi connectivity index (χ0n) is 11.5. The number of hydrogen-bond acceptors (Lipinski definition) is 3. The van der Waals surface area contributed by atoms with Crippen LogP contribution < -0.4 is 5.73 Å². The third-order valence-corrected chi connectivity index (χ3v) is 3.16. The smallest absolute Gasteiger partial charge is 0.267 e. The average Bonchev–Trinajstić information content (AvgIpc) is 2.55. The predicted octanol–water partition coefficient (Wildman–Crippen LogP) is 3.05. The minimum atomic E-state index is -0.683. The van der Waals surface area contributed by atoms with Crippen molar-refractivity contribution in [2.45, 2.75) is 0 Å². The van der Waals surface area contributed by atoms with Crippen LogP contribution in [0.2, 0.25) is 0 Å². The van der Waals surface area contributed by atoms with Gasteiger partial charge >= 0.3 is 0 Å². The van der Waals surface area contributed by atoms with Crippen molar-refractivity contribution >= 4 is 5.91 Å². The van der Waals surface area contributed by atoms with Crippen LogP contribution in [0.1, 0.15) is 10.5 Å². The molecule has 22 heavy (non-hydrogen) atoms. The van der Waals surface area contributed by atoms with Crippen molar-refractivity contribution in [2.75, 3.05) is 0 Å². The van der Waals surface area contributed by atoms with E-state index in [9.17, 15) is 9.18 Å². The molecule has 1 aromatic heterocycles. The molecule has 0 aliphatic rings. The molecule has 2 aromatic carbocycles. The molecule has 3 rings (SSSR count). The van der Waals surface area contributed by atoms with Gasteiger partial charge in [0.2, 0.25) is 0 Å². The SMILES string of the molecule is NC(=O)c1cc(-c2ccccc2F)nc(-c2ccccc2)n1. The van der Waals surface area contributed by atoms with Gasteiger partial charge in [-0.05, 0) is 18.2 Å². The first-order valence-electron chi connectivity index (χ1n) is 6.64. The Labute approximate surface area is 126 Å². The summed E-state index contributed by atoms with van der Waals surface area (Å²) in [5.74, 6) is -0.775. The van der Waals surface area contributed by atoms with Crippen LogP contribution in [0.25, 0.3) is 22.6 Å². The lowest BCUT2D eigenvalue weighted by Gasteiger charge is -2.07. The summed E-state index contributed by atoms with van der Waals surface area (Å²) in [6.45, 7) is 0. The van der Waals surface area contributed by atoms with Crippen molar-refractivity contribution in [1.29, 1.82) is 0 Å². The van der Waals surface area contributed by atoms with Crippen LogP contribution in [-0.4, -0.2) is 15.9 Å². The monoisotopic (exact) mass is 293 g/mol. The number of primary amides is 1. The molecule has 0 aliphatic carbocycles. The van der Waals surface area contributed by atoms with Gasteiger partial charge in [-0.25, -0.2) is 14.4 Å². The summed E-state index contributed by atoms with van der Waals surface area (Å²) >= 11 is 0. The van der Waals surface area contributed by atoms with E-state index in [1.165, 1.54) is 12.1 Å². The molecule has 4 nitrogen and oxygen atoms in total. The highest BCUT2D eigenvalue weighted by atomic mass is 19.1. The van der Waals surface area contributed by atoms with Crippen molar-refractivity contribution in [3.05, 3.63) is 72.2 Å². The minimum Gasteiger partial charge on any atom is -0.364 e. The normalized spacial score (nSPS) is 10.4. The van der Waals surface area contributed by atoms with E-state index in [-0.39, 0.29) is 5.69 Å². The third kappa shape index (κ3) is 2.69. The highest BCUT2D eigenvalue weighted by molar-refractivity contribution is 5.92. The second-order valence-electron chi connectivity index (χ2n) is 4.67. The van der Waals surface area contributed by atoms with Gasteiger partial charge in [0.05, 0.1) is 5.69 Å². The van der Waals surface area contributed by atoms with E-state index >= 15 is 0 Å². The fourth-order valence-electron chi connectivity index (χ4n) is 2.10. The lowest BCUT2D eigenvalue weighted by atomic mass is 10.1. The largest absolute Gasteiger partial charge is 0.364 e. The Morgan fingerprint density at radius 3 is 2.32 bits per heavy atom. The maximum Gasteiger partial charge on any atom is 0.267 e. The Morgan fingerprint density at radius 1 is 0.955 bits per heavy atom. The molecular formula is C17H12FN3O. The molecule has 1 heterocycles. The second-order valence-corrected chi connectivity index (χ2v) is 4.67. The van der Waals surface area contributed by atoms with Gasteiger partial charge in [-0.2, -0.15) is 0 Å². The number of hydrogen-bond donors (Lipinski definition) is 1. The molecule has 2 N–H and O–H groups in total. The summed E-state index contributed by atoms with van der Waals surface area (Å²) in [4.78, 5) is 20.0. The molecule has 5 heteroatoms. The fourth-order valence-corrected chi connectivity index (χ4v) is 2.10. The molecule has 0 saturated carbocycles. The highest BCUT2D eigenvalue weighted by Gasteiger charge is 2.13. The van der Waals surface area contributed by atoms with Gasteiger partial charge in [-0.1, -0.05) is 42.5 Å². The number of halogens is 1. The van der Waals surface area contributed by atoms with E-state index in [0.29, 0.717) is 17.1 Å². The van der Waals surface area contributed by atoms with Crippen molar-refractivity contribution in [1.82, 2.24) is 9.97 Å². The number of rotatable bonds is 3. The van der Waals surface area contributed by atoms with Crippen LogP contribution >= 0.6 is 0 Å². The summed E-state index contributed by atoms with van der Waals surface area (Å²) in [5, 5.41) is 0. The zero-order valence-corrected chi connectivity index (χ0v) is 11.5. The number of amides is 1. The Morgan fingerprint density at radius 2 is 1.64 bits per heavy atom. The van der Waals surface area contributed by atoms with Gasteiger partial charge in [0, 0.05) is 11.1 Å². The van der Waals surface area contributed by atoms with Gasteiger partial charge in [0.15, 0.2) is 5.82 Å². The lowest BCUT2D eigenvalue weighted by molar-refractivity contribution is 0.0995. The van der Waals surface area contributed by atoms with Gasteiger partial charge < -0.3 is 5.73 Å². The fraction of sp³-hybridized carbons (Fsp3) is 0. The van der Waals surface area contributed by atoms with Gasteiger partial charge in [-0.3, -0.25) is 4.79 Å². The Kier molecular flexibility index (Phi) is 3.62. The molecule has 0 radical (unpaired) electrons. The second kappa shape index (κ2) is 5.73. The molecule has 0 spiro atoms. The number of benzene rings is 2. The Balaban J connectivity index is 2.21. The molecule has 0 unspecified atom stereocenters. The lowest BCUT2D eigenvalue weighted by Crippen LogP contribution is -2.14. The van der Waals surface area contributed by atoms with Gasteiger partial charge in [-0.15, -0.1) is 0 Å². The summed E-state index contributed by atoms with van der Waals surface area (Å²) < 4.78 is 14.0. The molecule has 0 saturated heterocycles. The van der Waals surface area contributed by atoms with Crippen LogP contribution in [0.5, 0.6) is 0 Å². The Bertz CT molecular complexity index is 834. The summed E-state index contributed by atoms with van der Waals surface area (Å²) in [7, 11) is 0. The standard InChI is InChI=1S/C17H12FN3O/c18-13-9-5-4-8-12(13)14-10-15(16(19)22)21-17(20-14)11-6-2-1-3-7-11/h1-10H,(H2,19,22). The van der Waals surface area contributed by atoms with E-state index in [4.69, 9.17) is 5.73 Å². The summed E-state index contributed by atoms with van der Waals surface area (Å²) in [5.41, 5.74) is 6.71. The van der Waals surface area contributed by atoms with E-state index in [0.717, 1.165) is 5.56 Å². The van der Waals surface area contributed by atoms with E-state index in [1.54, 1.807) is 18.2 Å². The topological polar surface area (TPSA) is 68.9 Å². The van der Waals surface area contributed by atoms with Crippen molar-refractivity contribution < 1.29 is 9.18 Å². The van der Waals surface area contributed by atoms with E-state index in [2.05, 4.69) is 9.97 Å². The highest BCUT2D eigenvalue weighted by Crippen LogP contribution is 2.24. The quantitative estimate of drug-likeness (QED) is 0.807. The molecule has 0 bridgehead atoms. The summed E-state index contributed by atoms with van der Waals surface area (Å²) in [6, 6.07) is 16.8. The number of carbonyl (C=O) groups excluding carboxylic acids is 1. The minimum absolute atomic E-state index is 0.0482. The van der Waals surface area contributed by atoms with Crippen LogP contribution in [-0.2, 0) is 0 Å². The predicted molar refractivity (Wildman–Crippen MR) is 81.4 cm³/mol. The molecule has 0 fully saturated rings. The molecule has 3 aromatic rings. The van der Waals surface area contributed by atoms with Gasteiger partial charge in [0.25, 0.3) is 5.91 Å². The van der Waals surface area contributed by atoms with Crippen molar-refractivity contribution in [2.24, 2.45) is 5.73 Å². The Hall–Kier alpha value is -3.08. The molecule has 0 aliphatic heterocycles. The first kappa shape index (κ1) is 13.9. The van der Waals surface area contributed by atoms with Crippen LogP contribution in [0.15, 0.2) is 60.7 Å². The van der Waals surface area contributed by atoms with Crippen LogP contribution in [0.3, 0.4) is 0 Å².